The molecule has 0 heterocycles. The predicted molar refractivity (Wildman–Crippen MR) is 189 cm³/mol. The number of hydrogen-bond donors (Lipinski definition) is 3. The van der Waals surface area contributed by atoms with Gasteiger partial charge in [-0.15, -0.1) is 0 Å². The maximum atomic E-state index is 12.7. The molecule has 8 nitrogen and oxygen atoms in total. The van der Waals surface area contributed by atoms with Gasteiger partial charge in [0.1, 0.15) is 13.2 Å². The van der Waals surface area contributed by atoms with Crippen molar-refractivity contribution < 1.29 is 32.9 Å². The van der Waals surface area contributed by atoms with Crippen LogP contribution >= 0.6 is 7.82 Å². The Bertz CT molecular complexity index is 758. The molecule has 1 amide bonds. The summed E-state index contributed by atoms with van der Waals surface area (Å²) in [6.45, 7) is 4.66. The van der Waals surface area contributed by atoms with Gasteiger partial charge in [0.15, 0.2) is 0 Å². The van der Waals surface area contributed by atoms with Crippen LogP contribution in [0.3, 0.4) is 0 Å². The first-order chi connectivity index (χ1) is 21.5. The minimum Gasteiger partial charge on any atom is -0.387 e. The lowest BCUT2D eigenvalue weighted by Crippen LogP contribution is -2.45. The highest BCUT2D eigenvalue weighted by atomic mass is 31.2. The average Bonchev–Trinajstić information content (AvgIpc) is 2.97. The molecule has 0 aromatic rings. The van der Waals surface area contributed by atoms with E-state index in [1.54, 1.807) is 6.08 Å². The van der Waals surface area contributed by atoms with E-state index in [0.29, 0.717) is 17.4 Å². The van der Waals surface area contributed by atoms with Gasteiger partial charge in [-0.25, -0.2) is 4.57 Å². The van der Waals surface area contributed by atoms with Crippen molar-refractivity contribution in [2.24, 2.45) is 0 Å². The molecule has 0 fully saturated rings. The van der Waals surface area contributed by atoms with Crippen molar-refractivity contribution in [3.8, 4) is 0 Å². The molecular formula is C36H74N2O6P+. The van der Waals surface area contributed by atoms with Gasteiger partial charge in [-0.3, -0.25) is 13.8 Å². The molecule has 3 atom stereocenters. The Balaban J connectivity index is 4.10. The summed E-state index contributed by atoms with van der Waals surface area (Å²) in [5.74, 6) is -0.185. The molecule has 0 rings (SSSR count). The Morgan fingerprint density at radius 2 is 1.18 bits per heavy atom. The van der Waals surface area contributed by atoms with Crippen molar-refractivity contribution in [3.63, 3.8) is 0 Å². The van der Waals surface area contributed by atoms with Crippen LogP contribution in [0.15, 0.2) is 12.2 Å². The van der Waals surface area contributed by atoms with Crippen LogP contribution in [0.4, 0.5) is 0 Å². The number of hydrogen-bond acceptors (Lipinski definition) is 5. The second kappa shape index (κ2) is 29.4. The van der Waals surface area contributed by atoms with Crippen LogP contribution in [0.25, 0.3) is 0 Å². The third-order valence-electron chi connectivity index (χ3n) is 8.26. The quantitative estimate of drug-likeness (QED) is 0.0280. The van der Waals surface area contributed by atoms with E-state index in [9.17, 15) is 19.4 Å². The van der Waals surface area contributed by atoms with Gasteiger partial charge in [-0.1, -0.05) is 154 Å². The molecule has 0 spiro atoms. The second-order valence-corrected chi connectivity index (χ2v) is 15.4. The number of likely N-dealkylation sites (N-methyl/N-ethyl adjacent to an activating group) is 1. The number of nitrogens with zero attached hydrogens (tertiary/aromatic N) is 1. The summed E-state index contributed by atoms with van der Waals surface area (Å²) < 4.78 is 23.2. The molecule has 9 heteroatoms. The van der Waals surface area contributed by atoms with Crippen molar-refractivity contribution in [2.45, 2.75) is 174 Å². The van der Waals surface area contributed by atoms with Crippen LogP contribution in [0.1, 0.15) is 162 Å². The van der Waals surface area contributed by atoms with Crippen molar-refractivity contribution in [1.82, 2.24) is 5.32 Å². The van der Waals surface area contributed by atoms with E-state index in [4.69, 9.17) is 9.05 Å². The highest BCUT2D eigenvalue weighted by Crippen LogP contribution is 2.43. The van der Waals surface area contributed by atoms with E-state index in [0.717, 1.165) is 38.5 Å². The van der Waals surface area contributed by atoms with Gasteiger partial charge >= 0.3 is 7.82 Å². The van der Waals surface area contributed by atoms with Gasteiger partial charge in [-0.2, -0.15) is 0 Å². The highest BCUT2D eigenvalue weighted by molar-refractivity contribution is 7.47. The van der Waals surface area contributed by atoms with E-state index in [-0.39, 0.29) is 19.1 Å². The Hall–Kier alpha value is -0.760. The largest absolute Gasteiger partial charge is 0.472 e. The number of phosphoric ester groups is 1. The molecule has 0 saturated heterocycles. The second-order valence-electron chi connectivity index (χ2n) is 14.0. The summed E-state index contributed by atoms with van der Waals surface area (Å²) in [7, 11) is 1.57. The summed E-state index contributed by atoms with van der Waals surface area (Å²) >= 11 is 0. The number of rotatable bonds is 33. The standard InChI is InChI=1S/C36H73N2O6P/c1-6-8-10-12-13-14-15-16-17-18-19-20-21-22-23-24-25-26-28-30-36(40)37-34(35(39)29-27-11-9-7-2)33-44-45(41,42)43-32-31-38(3,4)5/h27,29,34-35,39H,6-26,28,30-33H2,1-5H3,(H-,37,40,41,42)/p+1/b29-27+. The average molecular weight is 662 g/mol. The molecule has 0 aromatic heterocycles. The number of unbranched alkanes of at least 4 members (excludes halogenated alkanes) is 20. The van der Waals surface area contributed by atoms with Crippen molar-refractivity contribution >= 4 is 13.7 Å². The van der Waals surface area contributed by atoms with Gasteiger partial charge < -0.3 is 19.8 Å². The van der Waals surface area contributed by atoms with E-state index in [2.05, 4.69) is 19.2 Å². The lowest BCUT2D eigenvalue weighted by atomic mass is 10.0. The number of carbonyl (C=O) groups is 1. The summed E-state index contributed by atoms with van der Waals surface area (Å²) in [5, 5.41) is 13.5. The Morgan fingerprint density at radius 3 is 1.62 bits per heavy atom. The van der Waals surface area contributed by atoms with Gasteiger partial charge in [0, 0.05) is 6.42 Å². The Kier molecular flexibility index (Phi) is 28.9. The van der Waals surface area contributed by atoms with E-state index < -0.39 is 20.0 Å². The summed E-state index contributed by atoms with van der Waals surface area (Å²) in [6, 6.07) is -0.835. The van der Waals surface area contributed by atoms with E-state index in [1.165, 1.54) is 103 Å². The highest BCUT2D eigenvalue weighted by Gasteiger charge is 2.27. The maximum absolute atomic E-state index is 12.7. The molecule has 0 aliphatic carbocycles. The predicted octanol–water partition coefficient (Wildman–Crippen LogP) is 9.24. The van der Waals surface area contributed by atoms with Gasteiger partial charge in [0.2, 0.25) is 5.91 Å². The van der Waals surface area contributed by atoms with Crippen LogP contribution in [0.2, 0.25) is 0 Å². The Morgan fingerprint density at radius 1 is 0.733 bits per heavy atom. The fourth-order valence-electron chi connectivity index (χ4n) is 5.20. The molecule has 0 radical (unpaired) electrons. The first-order valence-corrected chi connectivity index (χ1v) is 20.1. The number of amides is 1. The number of quaternary nitrogens is 1. The number of allylic oxidation sites excluding steroid dienone is 1. The van der Waals surface area contributed by atoms with Crippen molar-refractivity contribution in [2.75, 3.05) is 40.9 Å². The van der Waals surface area contributed by atoms with Gasteiger partial charge in [0.05, 0.1) is 39.9 Å². The minimum atomic E-state index is -4.31. The molecular weight excluding hydrogens is 587 g/mol. The molecule has 3 unspecified atom stereocenters. The van der Waals surface area contributed by atoms with Crippen molar-refractivity contribution in [3.05, 3.63) is 12.2 Å². The number of carbonyl (C=O) groups excluding carboxylic acids is 1. The minimum absolute atomic E-state index is 0.0627. The zero-order valence-corrected chi connectivity index (χ0v) is 31.0. The Labute approximate surface area is 278 Å². The number of aliphatic hydroxyl groups excluding tert-OH is 1. The smallest absolute Gasteiger partial charge is 0.387 e. The van der Waals surface area contributed by atoms with Gasteiger partial charge in [-0.05, 0) is 12.8 Å². The molecule has 0 aliphatic rings. The van der Waals surface area contributed by atoms with E-state index in [1.807, 2.05) is 27.2 Å². The first-order valence-electron chi connectivity index (χ1n) is 18.6. The maximum Gasteiger partial charge on any atom is 0.472 e. The molecule has 45 heavy (non-hydrogen) atoms. The fraction of sp³-hybridized carbons (Fsp3) is 0.917. The molecule has 0 aliphatic heterocycles. The lowest BCUT2D eigenvalue weighted by Gasteiger charge is -2.25. The normalized spacial score (nSPS) is 14.9. The fourth-order valence-corrected chi connectivity index (χ4v) is 5.94. The number of nitrogens with one attached hydrogen (secondary N) is 1. The molecule has 0 saturated carbocycles. The van der Waals surface area contributed by atoms with Gasteiger partial charge in [0.25, 0.3) is 0 Å². The lowest BCUT2D eigenvalue weighted by molar-refractivity contribution is -0.870. The third kappa shape index (κ3) is 31.6. The van der Waals surface area contributed by atoms with E-state index >= 15 is 0 Å². The topological polar surface area (TPSA) is 105 Å². The first kappa shape index (κ1) is 44.2. The van der Waals surface area contributed by atoms with Crippen LogP contribution in [-0.2, 0) is 18.4 Å². The van der Waals surface area contributed by atoms with Crippen molar-refractivity contribution in [1.29, 1.82) is 0 Å². The zero-order valence-electron chi connectivity index (χ0n) is 30.1. The molecule has 0 bridgehead atoms. The van der Waals surface area contributed by atoms with Crippen LogP contribution in [-0.4, -0.2) is 73.4 Å². The summed E-state index contributed by atoms with van der Waals surface area (Å²) in [6.07, 6.45) is 30.5. The zero-order chi connectivity index (χ0) is 33.7. The third-order valence-corrected chi connectivity index (χ3v) is 9.24. The van der Waals surface area contributed by atoms with Crippen LogP contribution in [0, 0.1) is 0 Å². The summed E-state index contributed by atoms with van der Waals surface area (Å²) in [5.41, 5.74) is 0. The molecule has 268 valence electrons. The number of phosphoric acid groups is 1. The SMILES string of the molecule is CCCC/C=C/C(O)C(COP(=O)(O)OCC[N+](C)(C)C)NC(=O)CCCCCCCCCCCCCCCCCCCCC. The molecule has 3 N–H and O–H groups in total. The van der Waals surface area contributed by atoms with Crippen LogP contribution < -0.4 is 5.32 Å². The summed E-state index contributed by atoms with van der Waals surface area (Å²) in [4.78, 5) is 22.7. The monoisotopic (exact) mass is 662 g/mol. The molecule has 0 aromatic carbocycles. The number of aliphatic hydroxyl groups is 1. The van der Waals surface area contributed by atoms with Crippen LogP contribution in [0.5, 0.6) is 0 Å².